The van der Waals surface area contributed by atoms with Crippen LogP contribution in [0, 0.1) is 0 Å². The van der Waals surface area contributed by atoms with Gasteiger partial charge in [0.05, 0.1) is 0 Å². The third-order valence-electron chi connectivity index (χ3n) is 3.50. The van der Waals surface area contributed by atoms with Crippen molar-refractivity contribution in [1.29, 1.82) is 0 Å². The average molecular weight is 327 g/mol. The van der Waals surface area contributed by atoms with Crippen molar-refractivity contribution < 1.29 is 19.1 Å². The SMILES string of the molecule is CC1(C)OC(=O)C(=C2CCc3c(Cl)cc(Cl)cc32)C(=O)O1. The topological polar surface area (TPSA) is 52.6 Å². The van der Waals surface area contributed by atoms with E-state index in [1.54, 1.807) is 12.1 Å². The lowest BCUT2D eigenvalue weighted by atomic mass is 10.0. The molecule has 1 aliphatic carbocycles. The molecule has 0 saturated carbocycles. The third-order valence-corrected chi connectivity index (χ3v) is 4.05. The highest BCUT2D eigenvalue weighted by atomic mass is 35.5. The van der Waals surface area contributed by atoms with Crippen molar-refractivity contribution in [3.05, 3.63) is 38.9 Å². The summed E-state index contributed by atoms with van der Waals surface area (Å²) in [6, 6.07) is 3.36. The molecule has 0 bridgehead atoms. The van der Waals surface area contributed by atoms with E-state index in [1.807, 2.05) is 0 Å². The van der Waals surface area contributed by atoms with Gasteiger partial charge in [0.25, 0.3) is 5.79 Å². The van der Waals surface area contributed by atoms with Crippen LogP contribution < -0.4 is 0 Å². The Labute approximate surface area is 131 Å². The summed E-state index contributed by atoms with van der Waals surface area (Å²) in [6.07, 6.45) is 1.17. The second-order valence-corrected chi connectivity index (χ2v) is 6.29. The van der Waals surface area contributed by atoms with Crippen LogP contribution in [0.25, 0.3) is 5.57 Å². The minimum atomic E-state index is -1.24. The number of halogens is 2. The predicted molar refractivity (Wildman–Crippen MR) is 78.0 cm³/mol. The number of cyclic esters (lactones) is 2. The molecule has 0 radical (unpaired) electrons. The van der Waals surface area contributed by atoms with Crippen LogP contribution in [-0.4, -0.2) is 17.7 Å². The lowest BCUT2D eigenvalue weighted by Gasteiger charge is -2.30. The second kappa shape index (κ2) is 4.75. The van der Waals surface area contributed by atoms with E-state index in [-0.39, 0.29) is 5.57 Å². The smallest absolute Gasteiger partial charge is 0.349 e. The molecular weight excluding hydrogens is 315 g/mol. The highest BCUT2D eigenvalue weighted by Gasteiger charge is 2.42. The Kier molecular flexibility index (Phi) is 3.26. The van der Waals surface area contributed by atoms with Gasteiger partial charge in [-0.3, -0.25) is 0 Å². The van der Waals surface area contributed by atoms with Crippen molar-refractivity contribution in [1.82, 2.24) is 0 Å². The second-order valence-electron chi connectivity index (χ2n) is 5.45. The molecule has 1 aliphatic heterocycles. The first-order valence-electron chi connectivity index (χ1n) is 6.46. The Morgan fingerprint density at radius 3 is 2.29 bits per heavy atom. The summed E-state index contributed by atoms with van der Waals surface area (Å²) in [7, 11) is 0. The number of carbonyl (C=O) groups excluding carboxylic acids is 2. The summed E-state index contributed by atoms with van der Waals surface area (Å²) in [4.78, 5) is 24.3. The minimum absolute atomic E-state index is 0.0635. The first-order chi connectivity index (χ1) is 9.78. The van der Waals surface area contributed by atoms with Crippen molar-refractivity contribution in [2.24, 2.45) is 0 Å². The molecule has 0 unspecified atom stereocenters. The molecule has 1 aromatic carbocycles. The summed E-state index contributed by atoms with van der Waals surface area (Å²) in [5.41, 5.74) is 2.12. The van der Waals surface area contributed by atoms with Gasteiger partial charge < -0.3 is 9.47 Å². The molecule has 21 heavy (non-hydrogen) atoms. The third kappa shape index (κ3) is 2.43. The lowest BCUT2D eigenvalue weighted by molar-refractivity contribution is -0.222. The summed E-state index contributed by atoms with van der Waals surface area (Å²) >= 11 is 12.2. The Morgan fingerprint density at radius 1 is 1.05 bits per heavy atom. The number of esters is 2. The molecule has 0 atom stereocenters. The molecule has 2 aliphatic rings. The molecule has 1 heterocycles. The van der Waals surface area contributed by atoms with Gasteiger partial charge >= 0.3 is 11.9 Å². The van der Waals surface area contributed by atoms with Crippen molar-refractivity contribution in [3.8, 4) is 0 Å². The molecule has 3 rings (SSSR count). The number of fused-ring (bicyclic) bond motifs is 1. The fourth-order valence-electron chi connectivity index (χ4n) is 2.67. The maximum absolute atomic E-state index is 12.1. The molecule has 0 N–H and O–H groups in total. The van der Waals surface area contributed by atoms with Crippen LogP contribution in [0.5, 0.6) is 0 Å². The maximum Gasteiger partial charge on any atom is 0.349 e. The summed E-state index contributed by atoms with van der Waals surface area (Å²) in [6.45, 7) is 3.03. The maximum atomic E-state index is 12.1. The van der Waals surface area contributed by atoms with E-state index in [1.165, 1.54) is 13.8 Å². The molecule has 1 aromatic rings. The number of benzene rings is 1. The molecule has 4 nitrogen and oxygen atoms in total. The number of hydrogen-bond donors (Lipinski definition) is 0. The summed E-state index contributed by atoms with van der Waals surface area (Å²) in [5, 5.41) is 0.989. The van der Waals surface area contributed by atoms with Crippen molar-refractivity contribution in [2.75, 3.05) is 0 Å². The molecule has 1 saturated heterocycles. The first-order valence-corrected chi connectivity index (χ1v) is 7.22. The van der Waals surface area contributed by atoms with E-state index in [4.69, 9.17) is 32.7 Å². The van der Waals surface area contributed by atoms with Crippen molar-refractivity contribution in [2.45, 2.75) is 32.5 Å². The van der Waals surface area contributed by atoms with Gasteiger partial charge in [-0.2, -0.15) is 0 Å². The largest absolute Gasteiger partial charge is 0.419 e. The van der Waals surface area contributed by atoms with Gasteiger partial charge in [-0.1, -0.05) is 23.2 Å². The number of ether oxygens (including phenoxy) is 2. The number of allylic oxidation sites excluding steroid dienone is 1. The van der Waals surface area contributed by atoms with E-state index < -0.39 is 17.7 Å². The van der Waals surface area contributed by atoms with Crippen molar-refractivity contribution >= 4 is 40.7 Å². The van der Waals surface area contributed by atoms with Crippen LogP contribution in [0.15, 0.2) is 17.7 Å². The molecule has 1 fully saturated rings. The highest BCUT2D eigenvalue weighted by molar-refractivity contribution is 6.36. The molecule has 110 valence electrons. The van der Waals surface area contributed by atoms with Crippen LogP contribution in [0.2, 0.25) is 10.0 Å². The molecule has 0 aromatic heterocycles. The van der Waals surface area contributed by atoms with Crippen LogP contribution in [0.4, 0.5) is 0 Å². The zero-order valence-corrected chi connectivity index (χ0v) is 13.0. The average Bonchev–Trinajstić information content (AvgIpc) is 2.70. The zero-order valence-electron chi connectivity index (χ0n) is 11.5. The van der Waals surface area contributed by atoms with Crippen molar-refractivity contribution in [3.63, 3.8) is 0 Å². The molecule has 0 amide bonds. The monoisotopic (exact) mass is 326 g/mol. The van der Waals surface area contributed by atoms with Gasteiger partial charge in [-0.05, 0) is 41.7 Å². The Hall–Kier alpha value is -1.52. The Bertz CT molecular complexity index is 682. The quantitative estimate of drug-likeness (QED) is 0.416. The van der Waals surface area contributed by atoms with Crippen LogP contribution in [0.3, 0.4) is 0 Å². The van der Waals surface area contributed by atoms with Crippen LogP contribution in [0.1, 0.15) is 31.4 Å². The first kappa shape index (κ1) is 14.4. The van der Waals surface area contributed by atoms with Gasteiger partial charge in [0.2, 0.25) is 0 Å². The van der Waals surface area contributed by atoms with Gasteiger partial charge in [0, 0.05) is 23.9 Å². The van der Waals surface area contributed by atoms with E-state index in [9.17, 15) is 9.59 Å². The van der Waals surface area contributed by atoms with E-state index >= 15 is 0 Å². The Balaban J connectivity index is 2.15. The Morgan fingerprint density at radius 2 is 1.67 bits per heavy atom. The van der Waals surface area contributed by atoms with Gasteiger partial charge in [0.1, 0.15) is 5.57 Å². The number of carbonyl (C=O) groups is 2. The minimum Gasteiger partial charge on any atom is -0.419 e. The number of rotatable bonds is 0. The van der Waals surface area contributed by atoms with Gasteiger partial charge in [0.15, 0.2) is 0 Å². The van der Waals surface area contributed by atoms with Crippen LogP contribution in [-0.2, 0) is 25.5 Å². The summed E-state index contributed by atoms with van der Waals surface area (Å²) in [5.74, 6) is -2.59. The van der Waals surface area contributed by atoms with E-state index in [0.29, 0.717) is 28.5 Å². The molecule has 6 heteroatoms. The highest BCUT2D eigenvalue weighted by Crippen LogP contribution is 2.41. The predicted octanol–water partition coefficient (Wildman–Crippen LogP) is 3.53. The standard InChI is InChI=1S/C15H12Cl2O4/c1-15(2)20-13(18)12(14(19)21-15)9-4-3-8-10(9)5-7(16)6-11(8)17/h5-6H,3-4H2,1-2H3. The normalized spacial score (nSPS) is 20.2. The fraction of sp³-hybridized carbons (Fsp3) is 0.333. The lowest BCUT2D eigenvalue weighted by Crippen LogP contribution is -2.42. The van der Waals surface area contributed by atoms with Crippen LogP contribution >= 0.6 is 23.2 Å². The van der Waals surface area contributed by atoms with E-state index in [2.05, 4.69) is 0 Å². The molecular formula is C15H12Cl2O4. The van der Waals surface area contributed by atoms with Gasteiger partial charge in [-0.25, -0.2) is 9.59 Å². The summed E-state index contributed by atoms with van der Waals surface area (Å²) < 4.78 is 10.3. The van der Waals surface area contributed by atoms with Gasteiger partial charge in [-0.15, -0.1) is 0 Å². The molecule has 0 spiro atoms. The van der Waals surface area contributed by atoms with E-state index in [0.717, 1.165) is 11.1 Å². The zero-order chi connectivity index (χ0) is 15.4. The fourth-order valence-corrected chi connectivity index (χ4v) is 3.26. The number of hydrogen-bond acceptors (Lipinski definition) is 4.